The number of hydrogen-bond acceptors (Lipinski definition) is 5. The predicted octanol–water partition coefficient (Wildman–Crippen LogP) is 2.58. The van der Waals surface area contributed by atoms with Gasteiger partial charge in [0.2, 0.25) is 0 Å². The van der Waals surface area contributed by atoms with Gasteiger partial charge in [0.25, 0.3) is 5.91 Å². The average molecular weight is 345 g/mol. The number of amides is 1. The second-order valence-corrected chi connectivity index (χ2v) is 7.99. The minimum Gasteiger partial charge on any atom is -0.398 e. The number of carbonyl (C=O) groups is 2. The lowest BCUT2D eigenvalue weighted by Crippen LogP contribution is -2.48. The highest BCUT2D eigenvalue weighted by atomic mass is 16.7. The normalized spacial score (nSPS) is 21.3. The van der Waals surface area contributed by atoms with Crippen LogP contribution in [0.4, 0.5) is 5.69 Å². The zero-order chi connectivity index (χ0) is 18.2. The summed E-state index contributed by atoms with van der Waals surface area (Å²) in [6.07, 6.45) is 2.98. The number of piperidine rings is 1. The molecular weight excluding hydrogens is 318 g/mol. The number of benzene rings is 1. The van der Waals surface area contributed by atoms with Crippen molar-refractivity contribution in [1.82, 2.24) is 9.96 Å². The molecule has 3 rings (SSSR count). The van der Waals surface area contributed by atoms with Crippen molar-refractivity contribution in [2.24, 2.45) is 5.41 Å². The van der Waals surface area contributed by atoms with Gasteiger partial charge in [0.1, 0.15) is 0 Å². The van der Waals surface area contributed by atoms with E-state index >= 15 is 0 Å². The lowest BCUT2D eigenvalue weighted by atomic mass is 9.97. The molecule has 1 fully saturated rings. The zero-order valence-electron chi connectivity index (χ0n) is 15.2. The first-order valence-electron chi connectivity index (χ1n) is 8.93. The van der Waals surface area contributed by atoms with Gasteiger partial charge in [-0.2, -0.15) is 0 Å². The molecule has 2 N–H and O–H groups in total. The van der Waals surface area contributed by atoms with E-state index in [1.54, 1.807) is 11.1 Å². The van der Waals surface area contributed by atoms with E-state index in [0.29, 0.717) is 30.9 Å². The molecule has 0 aliphatic carbocycles. The SMILES string of the molecule is CC(C)(C)C(=O)ON1CCCCC1CN1Cc2cccc(N)c2C1=O. The Morgan fingerprint density at radius 1 is 1.32 bits per heavy atom. The van der Waals surface area contributed by atoms with Gasteiger partial charge in [0.05, 0.1) is 17.0 Å². The van der Waals surface area contributed by atoms with Crippen LogP contribution in [0.25, 0.3) is 0 Å². The standard InChI is InChI=1S/C19H27N3O3/c1-19(2,3)18(24)25-22-10-5-4-8-14(22)12-21-11-13-7-6-9-15(20)16(13)17(21)23/h6-7,9,14H,4-5,8,10-12,20H2,1-3H3. The van der Waals surface area contributed by atoms with Gasteiger partial charge in [-0.1, -0.05) is 18.6 Å². The minimum atomic E-state index is -0.545. The van der Waals surface area contributed by atoms with Crippen molar-refractivity contribution < 1.29 is 14.4 Å². The molecular formula is C19H27N3O3. The third-order valence-corrected chi connectivity index (χ3v) is 4.86. The second kappa shape index (κ2) is 6.67. The quantitative estimate of drug-likeness (QED) is 0.852. The van der Waals surface area contributed by atoms with Crippen LogP contribution in [0.15, 0.2) is 18.2 Å². The summed E-state index contributed by atoms with van der Waals surface area (Å²) >= 11 is 0. The number of carbonyl (C=O) groups excluding carboxylic acids is 2. The van der Waals surface area contributed by atoms with Crippen molar-refractivity contribution in [3.05, 3.63) is 29.3 Å². The van der Waals surface area contributed by atoms with Gasteiger partial charge in [-0.05, 0) is 45.2 Å². The van der Waals surface area contributed by atoms with Crippen molar-refractivity contribution in [2.45, 2.75) is 52.6 Å². The van der Waals surface area contributed by atoms with Crippen LogP contribution in [0.1, 0.15) is 56.0 Å². The van der Waals surface area contributed by atoms with Crippen LogP contribution in [0, 0.1) is 5.41 Å². The zero-order valence-corrected chi connectivity index (χ0v) is 15.2. The van der Waals surface area contributed by atoms with Gasteiger partial charge in [0.15, 0.2) is 0 Å². The number of hydrogen-bond donors (Lipinski definition) is 1. The Labute approximate surface area is 148 Å². The van der Waals surface area contributed by atoms with Crippen LogP contribution in [-0.2, 0) is 16.2 Å². The van der Waals surface area contributed by atoms with Crippen LogP contribution < -0.4 is 5.73 Å². The molecule has 2 heterocycles. The van der Waals surface area contributed by atoms with Crippen molar-refractivity contribution in [3.8, 4) is 0 Å². The van der Waals surface area contributed by atoms with Crippen LogP contribution in [0.2, 0.25) is 0 Å². The number of nitrogens with two attached hydrogens (primary N) is 1. The van der Waals surface area contributed by atoms with Crippen molar-refractivity contribution >= 4 is 17.6 Å². The summed E-state index contributed by atoms with van der Waals surface area (Å²) in [4.78, 5) is 32.4. The fourth-order valence-electron chi connectivity index (χ4n) is 3.37. The maximum absolute atomic E-state index is 12.7. The molecule has 1 atom stereocenters. The molecule has 25 heavy (non-hydrogen) atoms. The van der Waals surface area contributed by atoms with E-state index in [1.807, 2.05) is 37.8 Å². The highest BCUT2D eigenvalue weighted by molar-refractivity contribution is 6.03. The summed E-state index contributed by atoms with van der Waals surface area (Å²) in [5.41, 5.74) is 7.55. The number of hydroxylamine groups is 2. The molecule has 1 amide bonds. The maximum atomic E-state index is 12.7. The molecule has 1 saturated heterocycles. The van der Waals surface area contributed by atoms with Gasteiger partial charge >= 0.3 is 5.97 Å². The summed E-state index contributed by atoms with van der Waals surface area (Å²) in [5, 5.41) is 1.77. The van der Waals surface area contributed by atoms with Gasteiger partial charge < -0.3 is 15.5 Å². The van der Waals surface area contributed by atoms with E-state index in [1.165, 1.54) is 0 Å². The summed E-state index contributed by atoms with van der Waals surface area (Å²) in [7, 11) is 0. The maximum Gasteiger partial charge on any atom is 0.330 e. The number of nitrogen functional groups attached to an aromatic ring is 1. The molecule has 1 aromatic rings. The third-order valence-electron chi connectivity index (χ3n) is 4.86. The molecule has 6 heteroatoms. The van der Waals surface area contributed by atoms with Crippen molar-refractivity contribution in [2.75, 3.05) is 18.8 Å². The Hall–Kier alpha value is -2.08. The Bertz CT molecular complexity index is 681. The van der Waals surface area contributed by atoms with E-state index in [2.05, 4.69) is 0 Å². The van der Waals surface area contributed by atoms with Gasteiger partial charge in [0, 0.05) is 25.3 Å². The third kappa shape index (κ3) is 3.63. The van der Waals surface area contributed by atoms with Crippen LogP contribution in [0.5, 0.6) is 0 Å². The summed E-state index contributed by atoms with van der Waals surface area (Å²) in [6.45, 7) is 7.36. The Balaban J connectivity index is 1.70. The molecule has 2 aliphatic heterocycles. The highest BCUT2D eigenvalue weighted by Gasteiger charge is 2.35. The molecule has 0 bridgehead atoms. The first-order valence-corrected chi connectivity index (χ1v) is 8.93. The number of rotatable bonds is 3. The Kier molecular flexibility index (Phi) is 4.73. The molecule has 0 aromatic heterocycles. The lowest BCUT2D eigenvalue weighted by molar-refractivity contribution is -0.218. The number of nitrogens with zero attached hydrogens (tertiary/aromatic N) is 2. The van der Waals surface area contributed by atoms with E-state index in [0.717, 1.165) is 24.8 Å². The van der Waals surface area contributed by atoms with Gasteiger partial charge in [-0.15, -0.1) is 5.06 Å². The van der Waals surface area contributed by atoms with E-state index in [-0.39, 0.29) is 17.9 Å². The lowest BCUT2D eigenvalue weighted by Gasteiger charge is -2.37. The molecule has 2 aliphatic rings. The molecule has 0 spiro atoms. The minimum absolute atomic E-state index is 0.0271. The van der Waals surface area contributed by atoms with Crippen LogP contribution >= 0.6 is 0 Å². The topological polar surface area (TPSA) is 75.9 Å². The fourth-order valence-corrected chi connectivity index (χ4v) is 3.37. The Morgan fingerprint density at radius 2 is 2.08 bits per heavy atom. The predicted molar refractivity (Wildman–Crippen MR) is 95.5 cm³/mol. The number of anilines is 1. The first kappa shape index (κ1) is 17.7. The van der Waals surface area contributed by atoms with Gasteiger partial charge in [-0.25, -0.2) is 4.79 Å². The summed E-state index contributed by atoms with van der Waals surface area (Å²) in [6, 6.07) is 5.61. The number of fused-ring (bicyclic) bond motifs is 1. The highest BCUT2D eigenvalue weighted by Crippen LogP contribution is 2.29. The molecule has 136 valence electrons. The Morgan fingerprint density at radius 3 is 2.76 bits per heavy atom. The molecule has 6 nitrogen and oxygen atoms in total. The molecule has 1 aromatic carbocycles. The second-order valence-electron chi connectivity index (χ2n) is 7.99. The van der Waals surface area contributed by atoms with Crippen LogP contribution in [-0.4, -0.2) is 41.0 Å². The monoisotopic (exact) mass is 345 g/mol. The largest absolute Gasteiger partial charge is 0.398 e. The van der Waals surface area contributed by atoms with Crippen LogP contribution in [0.3, 0.4) is 0 Å². The fraction of sp³-hybridized carbons (Fsp3) is 0.579. The molecule has 0 radical (unpaired) electrons. The van der Waals surface area contributed by atoms with E-state index in [4.69, 9.17) is 10.6 Å². The smallest absolute Gasteiger partial charge is 0.330 e. The molecule has 1 unspecified atom stereocenters. The van der Waals surface area contributed by atoms with Crippen molar-refractivity contribution in [3.63, 3.8) is 0 Å². The van der Waals surface area contributed by atoms with E-state index in [9.17, 15) is 9.59 Å². The van der Waals surface area contributed by atoms with Crippen molar-refractivity contribution in [1.29, 1.82) is 0 Å². The van der Waals surface area contributed by atoms with E-state index < -0.39 is 5.41 Å². The molecule has 0 saturated carbocycles. The average Bonchev–Trinajstić information content (AvgIpc) is 2.86. The summed E-state index contributed by atoms with van der Waals surface area (Å²) in [5.74, 6) is -0.263. The first-order chi connectivity index (χ1) is 11.8. The summed E-state index contributed by atoms with van der Waals surface area (Å²) < 4.78 is 0. The van der Waals surface area contributed by atoms with Gasteiger partial charge in [-0.3, -0.25) is 4.79 Å².